The van der Waals surface area contributed by atoms with Crippen LogP contribution in [0.1, 0.15) is 206 Å². The number of allylic oxidation sites excluding steroid dienone is 4. The minimum atomic E-state index is -1.12. The molecule has 0 heterocycles. The molecule has 5 heteroatoms. The van der Waals surface area contributed by atoms with Crippen LogP contribution in [0.4, 0.5) is 0 Å². The standard InChI is InChI=1S/C40H74O3S2/c1-3-5-7-9-11-13-15-17-19-21-23-25-27-29-31-33-35-40(39(42)45,37-38(41)44)43-36-34-32-30-28-26-24-22-20-18-16-14-12-10-8-6-4-2/h17-20H,3-16,21-37H2,1-2H3,(H,41,44)(H,42,45). The predicted octanol–water partition coefficient (Wildman–Crippen LogP) is 13.5. The van der Waals surface area contributed by atoms with Crippen LogP contribution in [0.5, 0.6) is 0 Å². The Morgan fingerprint density at radius 3 is 1.18 bits per heavy atom. The SMILES string of the molecule is CCCCCCCCC=CCCCCCCCCOC(CCCCCCCCC=CCCCCCCCC)(CC(=O)S)C(=O)S. The third-order valence-electron chi connectivity index (χ3n) is 8.95. The molecule has 0 rings (SSSR count). The Balaban J connectivity index is 3.95. The molecule has 0 saturated carbocycles. The van der Waals surface area contributed by atoms with Crippen LogP contribution in [0.15, 0.2) is 24.3 Å². The topological polar surface area (TPSA) is 43.4 Å². The van der Waals surface area contributed by atoms with Gasteiger partial charge in [0.1, 0.15) is 5.60 Å². The van der Waals surface area contributed by atoms with Gasteiger partial charge in [0.2, 0.25) is 5.12 Å². The number of hydrogen-bond donors (Lipinski definition) is 2. The molecule has 3 nitrogen and oxygen atoms in total. The second-order valence-corrected chi connectivity index (χ2v) is 14.2. The van der Waals surface area contributed by atoms with Gasteiger partial charge in [-0.2, -0.15) is 0 Å². The van der Waals surface area contributed by atoms with Crippen molar-refractivity contribution in [2.24, 2.45) is 0 Å². The van der Waals surface area contributed by atoms with E-state index in [9.17, 15) is 9.59 Å². The third kappa shape index (κ3) is 30.6. The molecule has 0 aromatic carbocycles. The van der Waals surface area contributed by atoms with Crippen molar-refractivity contribution in [1.29, 1.82) is 0 Å². The van der Waals surface area contributed by atoms with Gasteiger partial charge in [-0.25, -0.2) is 0 Å². The molecule has 0 aromatic rings. The third-order valence-corrected chi connectivity index (χ3v) is 9.52. The zero-order valence-electron chi connectivity index (χ0n) is 29.8. The van der Waals surface area contributed by atoms with Crippen molar-refractivity contribution in [2.45, 2.75) is 212 Å². The second-order valence-electron chi connectivity index (χ2n) is 13.3. The van der Waals surface area contributed by atoms with E-state index in [-0.39, 0.29) is 16.7 Å². The molecule has 0 aliphatic carbocycles. The van der Waals surface area contributed by atoms with Crippen molar-refractivity contribution in [3.63, 3.8) is 0 Å². The van der Waals surface area contributed by atoms with E-state index in [0.29, 0.717) is 13.0 Å². The van der Waals surface area contributed by atoms with E-state index >= 15 is 0 Å². The molecule has 0 spiro atoms. The Bertz CT molecular complexity index is 720. The summed E-state index contributed by atoms with van der Waals surface area (Å²) in [7, 11) is 0. The van der Waals surface area contributed by atoms with Crippen LogP contribution in [0.3, 0.4) is 0 Å². The molecular weight excluding hydrogens is 593 g/mol. The minimum absolute atomic E-state index is 0.00982. The maximum Gasteiger partial charge on any atom is 0.218 e. The molecule has 264 valence electrons. The lowest BCUT2D eigenvalue weighted by Gasteiger charge is -2.30. The Morgan fingerprint density at radius 2 is 0.822 bits per heavy atom. The van der Waals surface area contributed by atoms with Gasteiger partial charge in [-0.05, 0) is 64.2 Å². The van der Waals surface area contributed by atoms with Gasteiger partial charge in [0.15, 0.2) is 5.12 Å². The fourth-order valence-corrected chi connectivity index (χ4v) is 6.49. The zero-order valence-corrected chi connectivity index (χ0v) is 31.6. The number of unbranched alkanes of at least 4 members (excludes halogenated alkanes) is 24. The number of carbonyl (C=O) groups excluding carboxylic acids is 2. The Morgan fingerprint density at radius 1 is 0.489 bits per heavy atom. The molecular formula is C40H74O3S2. The molecule has 1 atom stereocenters. The second kappa shape index (κ2) is 34.8. The largest absolute Gasteiger partial charge is 0.366 e. The normalized spacial score (nSPS) is 13.2. The maximum absolute atomic E-state index is 12.5. The Hall–Kier alpha value is -0.520. The lowest BCUT2D eigenvalue weighted by atomic mass is 9.93. The molecule has 1 unspecified atom stereocenters. The van der Waals surface area contributed by atoms with Gasteiger partial charge < -0.3 is 4.74 Å². The van der Waals surface area contributed by atoms with Crippen molar-refractivity contribution in [1.82, 2.24) is 0 Å². The van der Waals surface area contributed by atoms with E-state index < -0.39 is 5.60 Å². The van der Waals surface area contributed by atoms with Crippen LogP contribution < -0.4 is 0 Å². The van der Waals surface area contributed by atoms with E-state index in [4.69, 9.17) is 4.74 Å². The van der Waals surface area contributed by atoms with Crippen molar-refractivity contribution in [3.8, 4) is 0 Å². The van der Waals surface area contributed by atoms with E-state index in [1.54, 1.807) is 0 Å². The van der Waals surface area contributed by atoms with Gasteiger partial charge in [0.25, 0.3) is 0 Å². The van der Waals surface area contributed by atoms with Gasteiger partial charge in [-0.3, -0.25) is 9.59 Å². The summed E-state index contributed by atoms with van der Waals surface area (Å²) in [6.45, 7) is 5.04. The highest BCUT2D eigenvalue weighted by molar-refractivity contribution is 7.97. The van der Waals surface area contributed by atoms with Gasteiger partial charge in [0.05, 0.1) is 6.42 Å². The number of carbonyl (C=O) groups is 2. The summed E-state index contributed by atoms with van der Waals surface area (Å²) in [6, 6.07) is 0. The van der Waals surface area contributed by atoms with E-state index in [1.807, 2.05) is 0 Å². The summed E-state index contributed by atoms with van der Waals surface area (Å²) >= 11 is 8.14. The molecule has 0 N–H and O–H groups in total. The fraction of sp³-hybridized carbons (Fsp3) is 0.850. The molecule has 45 heavy (non-hydrogen) atoms. The zero-order chi connectivity index (χ0) is 33.1. The first-order chi connectivity index (χ1) is 22.0. The molecule has 0 bridgehead atoms. The molecule has 0 radical (unpaired) electrons. The van der Waals surface area contributed by atoms with Crippen molar-refractivity contribution >= 4 is 35.5 Å². The first kappa shape index (κ1) is 44.5. The first-order valence-corrected chi connectivity index (χ1v) is 20.3. The van der Waals surface area contributed by atoms with Gasteiger partial charge in [0, 0.05) is 6.61 Å². The number of rotatable bonds is 36. The monoisotopic (exact) mass is 667 g/mol. The maximum atomic E-state index is 12.5. The van der Waals surface area contributed by atoms with Crippen LogP contribution in [-0.4, -0.2) is 22.4 Å². The fourth-order valence-electron chi connectivity index (χ4n) is 5.98. The molecule has 0 aliphatic rings. The summed E-state index contributed by atoms with van der Waals surface area (Å²) in [5, 5.41) is -0.634. The quantitative estimate of drug-likeness (QED) is 0.0397. The molecule has 0 aliphatic heterocycles. The van der Waals surface area contributed by atoms with Crippen LogP contribution in [0.25, 0.3) is 0 Å². The highest BCUT2D eigenvalue weighted by Crippen LogP contribution is 2.29. The molecule has 0 amide bonds. The highest BCUT2D eigenvalue weighted by Gasteiger charge is 2.38. The molecule has 0 fully saturated rings. The Kier molecular flexibility index (Phi) is 34.4. The van der Waals surface area contributed by atoms with E-state index in [2.05, 4.69) is 63.4 Å². The van der Waals surface area contributed by atoms with Crippen molar-refractivity contribution in [2.75, 3.05) is 6.61 Å². The summed E-state index contributed by atoms with van der Waals surface area (Å²) in [6.07, 6.45) is 45.0. The van der Waals surface area contributed by atoms with Crippen molar-refractivity contribution in [3.05, 3.63) is 24.3 Å². The number of thiol groups is 2. The van der Waals surface area contributed by atoms with Crippen LogP contribution in [0, 0.1) is 0 Å². The average molecular weight is 667 g/mol. The summed E-state index contributed by atoms with van der Waals surface area (Å²) < 4.78 is 6.13. The highest BCUT2D eigenvalue weighted by atomic mass is 32.1. The predicted molar refractivity (Wildman–Crippen MR) is 205 cm³/mol. The van der Waals surface area contributed by atoms with Crippen LogP contribution >= 0.6 is 25.3 Å². The molecule has 0 aromatic heterocycles. The summed E-state index contributed by atoms with van der Waals surface area (Å²) in [5.41, 5.74) is -1.12. The minimum Gasteiger partial charge on any atom is -0.366 e. The van der Waals surface area contributed by atoms with Crippen LogP contribution in [0.2, 0.25) is 0 Å². The average Bonchev–Trinajstić information content (AvgIpc) is 3.01. The van der Waals surface area contributed by atoms with Gasteiger partial charge in [-0.1, -0.05) is 160 Å². The Labute approximate surface area is 291 Å². The number of hydrogen-bond acceptors (Lipinski definition) is 3. The van der Waals surface area contributed by atoms with E-state index in [0.717, 1.165) is 32.1 Å². The lowest BCUT2D eigenvalue weighted by molar-refractivity contribution is -0.141. The number of ether oxygens (including phenoxy) is 1. The van der Waals surface area contributed by atoms with E-state index in [1.165, 1.54) is 148 Å². The van der Waals surface area contributed by atoms with Gasteiger partial charge >= 0.3 is 0 Å². The molecule has 0 saturated heterocycles. The summed E-state index contributed by atoms with van der Waals surface area (Å²) in [4.78, 5) is 24.4. The smallest absolute Gasteiger partial charge is 0.218 e. The van der Waals surface area contributed by atoms with Gasteiger partial charge in [-0.15, -0.1) is 25.3 Å². The van der Waals surface area contributed by atoms with Crippen LogP contribution in [-0.2, 0) is 14.3 Å². The first-order valence-electron chi connectivity index (χ1n) is 19.4. The lowest BCUT2D eigenvalue weighted by Crippen LogP contribution is -2.41. The summed E-state index contributed by atoms with van der Waals surface area (Å²) in [5.74, 6) is 0. The van der Waals surface area contributed by atoms with Crippen molar-refractivity contribution < 1.29 is 14.3 Å².